The maximum atomic E-state index is 2.40. The summed E-state index contributed by atoms with van der Waals surface area (Å²) in [7, 11) is 0. The number of para-hydroxylation sites is 3. The number of nitrogens with zero attached hydrogens (tertiary/aromatic N) is 2. The molecule has 50 heavy (non-hydrogen) atoms. The van der Waals surface area contributed by atoms with Gasteiger partial charge in [0.15, 0.2) is 0 Å². The Kier molecular flexibility index (Phi) is 6.53. The summed E-state index contributed by atoms with van der Waals surface area (Å²) in [5.41, 5.74) is 14.5. The van der Waals surface area contributed by atoms with Crippen molar-refractivity contribution in [3.63, 3.8) is 0 Å². The van der Waals surface area contributed by atoms with Gasteiger partial charge in [0, 0.05) is 32.9 Å². The molecule has 0 N–H and O–H groups in total. The molecule has 0 radical (unpaired) electrons. The van der Waals surface area contributed by atoms with Gasteiger partial charge >= 0.3 is 0 Å². The van der Waals surface area contributed by atoms with Gasteiger partial charge in [-0.2, -0.15) is 0 Å². The summed E-state index contributed by atoms with van der Waals surface area (Å²) < 4.78 is 4.79. The highest BCUT2D eigenvalue weighted by atomic mass is 15.0. The highest BCUT2D eigenvalue weighted by molar-refractivity contribution is 6.12. The van der Waals surface area contributed by atoms with E-state index in [4.69, 9.17) is 0 Å². The molecule has 0 saturated carbocycles. The lowest BCUT2D eigenvalue weighted by atomic mass is 9.94. The van der Waals surface area contributed by atoms with Gasteiger partial charge in [-0.15, -0.1) is 0 Å². The fourth-order valence-corrected chi connectivity index (χ4v) is 7.83. The van der Waals surface area contributed by atoms with E-state index in [-0.39, 0.29) is 0 Å². The predicted octanol–water partition coefficient (Wildman–Crippen LogP) is 12.9. The fraction of sp³-hybridized carbons (Fsp3) is 0. The summed E-state index contributed by atoms with van der Waals surface area (Å²) >= 11 is 0. The molecule has 0 aliphatic heterocycles. The molecule has 2 aromatic heterocycles. The van der Waals surface area contributed by atoms with Crippen LogP contribution in [0, 0.1) is 0 Å². The van der Waals surface area contributed by atoms with Crippen LogP contribution in [-0.2, 0) is 0 Å². The second kappa shape index (κ2) is 11.5. The second-order valence-electron chi connectivity index (χ2n) is 13.0. The summed E-state index contributed by atoms with van der Waals surface area (Å²) in [6.45, 7) is 0. The molecule has 0 unspecified atom stereocenters. The number of aromatic nitrogens is 2. The van der Waals surface area contributed by atoms with Crippen molar-refractivity contribution < 1.29 is 0 Å². The van der Waals surface area contributed by atoms with Crippen LogP contribution in [0.1, 0.15) is 0 Å². The van der Waals surface area contributed by atoms with Gasteiger partial charge in [-0.25, -0.2) is 0 Å². The zero-order valence-corrected chi connectivity index (χ0v) is 27.4. The second-order valence-corrected chi connectivity index (χ2v) is 13.0. The van der Waals surface area contributed by atoms with Crippen LogP contribution in [0.15, 0.2) is 194 Å². The highest BCUT2D eigenvalue weighted by Gasteiger charge is 2.16. The van der Waals surface area contributed by atoms with Crippen molar-refractivity contribution in [1.82, 2.24) is 9.13 Å². The first-order chi connectivity index (χ1) is 24.8. The molecule has 0 bridgehead atoms. The largest absolute Gasteiger partial charge is 0.309 e. The molecule has 10 aromatic rings. The van der Waals surface area contributed by atoms with E-state index in [9.17, 15) is 0 Å². The van der Waals surface area contributed by atoms with E-state index in [0.29, 0.717) is 0 Å². The summed E-state index contributed by atoms with van der Waals surface area (Å²) in [5.74, 6) is 0. The van der Waals surface area contributed by atoms with Gasteiger partial charge in [0.1, 0.15) is 0 Å². The SMILES string of the molecule is c1ccc(-c2ccccc2-c2ccc(-n3c4ccccc4c4cc(-c5ccc6c7ccccc7n(-c7ccccc7)c6c5)ccc43)cc2)cc1. The zero-order valence-electron chi connectivity index (χ0n) is 27.4. The van der Waals surface area contributed by atoms with E-state index in [1.54, 1.807) is 0 Å². The first-order valence-corrected chi connectivity index (χ1v) is 17.2. The van der Waals surface area contributed by atoms with Crippen LogP contribution >= 0.6 is 0 Å². The average Bonchev–Trinajstić information content (AvgIpc) is 3.71. The first kappa shape index (κ1) is 28.4. The van der Waals surface area contributed by atoms with Crippen LogP contribution in [-0.4, -0.2) is 9.13 Å². The summed E-state index contributed by atoms with van der Waals surface area (Å²) in [4.78, 5) is 0. The smallest absolute Gasteiger partial charge is 0.0547 e. The number of hydrogen-bond acceptors (Lipinski definition) is 0. The molecule has 234 valence electrons. The van der Waals surface area contributed by atoms with Crippen molar-refractivity contribution in [2.45, 2.75) is 0 Å². The zero-order chi connectivity index (χ0) is 33.0. The molecular weight excluding hydrogens is 605 g/mol. The molecule has 0 spiro atoms. The molecule has 0 aliphatic carbocycles. The maximum Gasteiger partial charge on any atom is 0.0547 e. The Morgan fingerprint density at radius 3 is 1.38 bits per heavy atom. The Morgan fingerprint density at radius 2 is 0.680 bits per heavy atom. The Morgan fingerprint density at radius 1 is 0.240 bits per heavy atom. The lowest BCUT2D eigenvalue weighted by Gasteiger charge is -2.13. The normalized spacial score (nSPS) is 11.6. The minimum absolute atomic E-state index is 1.15. The Labute approximate surface area is 290 Å². The fourth-order valence-electron chi connectivity index (χ4n) is 7.83. The van der Waals surface area contributed by atoms with Gasteiger partial charge in [0.2, 0.25) is 0 Å². The molecule has 0 amide bonds. The van der Waals surface area contributed by atoms with Crippen molar-refractivity contribution >= 4 is 43.6 Å². The van der Waals surface area contributed by atoms with E-state index < -0.39 is 0 Å². The minimum atomic E-state index is 1.15. The lowest BCUT2D eigenvalue weighted by Crippen LogP contribution is -1.94. The highest BCUT2D eigenvalue weighted by Crippen LogP contribution is 2.39. The molecule has 8 aromatic carbocycles. The third-order valence-electron chi connectivity index (χ3n) is 10.1. The average molecular weight is 637 g/mol. The summed E-state index contributed by atoms with van der Waals surface area (Å²) in [6.07, 6.45) is 0. The number of fused-ring (bicyclic) bond motifs is 6. The topological polar surface area (TPSA) is 9.86 Å². The molecule has 0 saturated heterocycles. The van der Waals surface area contributed by atoms with Gasteiger partial charge in [0.05, 0.1) is 22.1 Å². The monoisotopic (exact) mass is 636 g/mol. The van der Waals surface area contributed by atoms with Crippen molar-refractivity contribution in [3.8, 4) is 44.8 Å². The van der Waals surface area contributed by atoms with Gasteiger partial charge in [-0.3, -0.25) is 0 Å². The van der Waals surface area contributed by atoms with E-state index >= 15 is 0 Å². The van der Waals surface area contributed by atoms with E-state index in [1.165, 1.54) is 82.7 Å². The molecule has 0 aliphatic rings. The van der Waals surface area contributed by atoms with Gasteiger partial charge in [-0.05, 0) is 88.0 Å². The molecule has 2 heteroatoms. The van der Waals surface area contributed by atoms with Crippen molar-refractivity contribution in [2.75, 3.05) is 0 Å². The van der Waals surface area contributed by atoms with Crippen LogP contribution in [0.2, 0.25) is 0 Å². The molecule has 10 rings (SSSR count). The van der Waals surface area contributed by atoms with Crippen molar-refractivity contribution in [1.29, 1.82) is 0 Å². The number of benzene rings is 8. The Hall–Kier alpha value is -6.64. The maximum absolute atomic E-state index is 2.40. The molecule has 2 heterocycles. The van der Waals surface area contributed by atoms with Crippen molar-refractivity contribution in [2.24, 2.45) is 0 Å². The first-order valence-electron chi connectivity index (χ1n) is 17.2. The van der Waals surface area contributed by atoms with Crippen LogP contribution in [0.5, 0.6) is 0 Å². The van der Waals surface area contributed by atoms with Gasteiger partial charge in [-0.1, -0.05) is 140 Å². The molecular formula is C48H32N2. The standard InChI is InChI=1S/C48H32N2/c1-3-13-33(14-4-1)39-17-7-8-18-40(39)34-23-27-38(28-24-34)49-46-22-12-10-20-42(46)44-31-35(26-30-47(44)49)36-25-29-43-41-19-9-11-21-45(41)50(48(43)32-36)37-15-5-2-6-16-37/h1-32H. The number of rotatable bonds is 5. The van der Waals surface area contributed by atoms with Gasteiger partial charge < -0.3 is 9.13 Å². The summed E-state index contributed by atoms with van der Waals surface area (Å²) in [6, 6.07) is 70.3. The Bertz CT molecular complexity index is 2840. The third kappa shape index (κ3) is 4.50. The van der Waals surface area contributed by atoms with E-state index in [1.807, 2.05) is 0 Å². The van der Waals surface area contributed by atoms with Crippen LogP contribution in [0.4, 0.5) is 0 Å². The summed E-state index contributed by atoms with van der Waals surface area (Å²) in [5, 5.41) is 5.04. The van der Waals surface area contributed by atoms with Crippen LogP contribution < -0.4 is 0 Å². The molecule has 2 nitrogen and oxygen atoms in total. The Balaban J connectivity index is 1.10. The number of hydrogen-bond donors (Lipinski definition) is 0. The molecule has 0 atom stereocenters. The van der Waals surface area contributed by atoms with Crippen LogP contribution in [0.3, 0.4) is 0 Å². The predicted molar refractivity (Wildman–Crippen MR) is 211 cm³/mol. The van der Waals surface area contributed by atoms with Crippen LogP contribution in [0.25, 0.3) is 88.4 Å². The third-order valence-corrected chi connectivity index (χ3v) is 10.1. The quantitative estimate of drug-likeness (QED) is 0.178. The molecule has 0 fully saturated rings. The minimum Gasteiger partial charge on any atom is -0.309 e. The lowest BCUT2D eigenvalue weighted by molar-refractivity contribution is 1.18. The van der Waals surface area contributed by atoms with E-state index in [2.05, 4.69) is 203 Å². The van der Waals surface area contributed by atoms with E-state index in [0.717, 1.165) is 5.69 Å². The van der Waals surface area contributed by atoms with Gasteiger partial charge in [0.25, 0.3) is 0 Å². The van der Waals surface area contributed by atoms with Crippen molar-refractivity contribution in [3.05, 3.63) is 194 Å².